The summed E-state index contributed by atoms with van der Waals surface area (Å²) in [6, 6.07) is 0.249. The standard InChI is InChI=1S/C10H17N3OS2/c1-7(5-15-3)13(2)9(14)4-8-6-16-10(11)12-8/h6-7H,4-5H2,1-3H3,(H2,11,12). The fraction of sp³-hybridized carbons (Fsp3) is 0.600. The highest BCUT2D eigenvalue weighted by molar-refractivity contribution is 7.98. The molecule has 2 N–H and O–H groups in total. The van der Waals surface area contributed by atoms with E-state index >= 15 is 0 Å². The maximum absolute atomic E-state index is 11.9. The van der Waals surface area contributed by atoms with Crippen molar-refractivity contribution >= 4 is 34.1 Å². The first kappa shape index (κ1) is 13.3. The first-order valence-electron chi connectivity index (χ1n) is 4.99. The van der Waals surface area contributed by atoms with Crippen LogP contribution in [0.2, 0.25) is 0 Å². The minimum Gasteiger partial charge on any atom is -0.375 e. The smallest absolute Gasteiger partial charge is 0.228 e. The highest BCUT2D eigenvalue weighted by atomic mass is 32.2. The van der Waals surface area contributed by atoms with Crippen molar-refractivity contribution in [3.8, 4) is 0 Å². The van der Waals surface area contributed by atoms with Crippen molar-refractivity contribution in [3.05, 3.63) is 11.1 Å². The number of likely N-dealkylation sites (N-methyl/N-ethyl adjacent to an activating group) is 1. The van der Waals surface area contributed by atoms with Gasteiger partial charge in [0.2, 0.25) is 5.91 Å². The number of amides is 1. The molecule has 1 aromatic rings. The van der Waals surface area contributed by atoms with E-state index < -0.39 is 0 Å². The summed E-state index contributed by atoms with van der Waals surface area (Å²) in [6.45, 7) is 2.05. The zero-order valence-corrected chi connectivity index (χ0v) is 11.4. The van der Waals surface area contributed by atoms with Crippen molar-refractivity contribution in [3.63, 3.8) is 0 Å². The molecule has 1 amide bonds. The van der Waals surface area contributed by atoms with Gasteiger partial charge in [-0.2, -0.15) is 11.8 Å². The van der Waals surface area contributed by atoms with Crippen LogP contribution < -0.4 is 5.73 Å². The van der Waals surface area contributed by atoms with Crippen LogP contribution in [0, 0.1) is 0 Å². The highest BCUT2D eigenvalue weighted by Gasteiger charge is 2.16. The third-order valence-electron chi connectivity index (χ3n) is 2.36. The van der Waals surface area contributed by atoms with Crippen LogP contribution in [-0.4, -0.2) is 40.9 Å². The number of thioether (sulfide) groups is 1. The molecule has 0 bridgehead atoms. The number of thiazole rings is 1. The molecular weight excluding hydrogens is 242 g/mol. The Balaban J connectivity index is 2.51. The average molecular weight is 259 g/mol. The Morgan fingerprint density at radius 2 is 2.44 bits per heavy atom. The molecule has 0 aliphatic rings. The van der Waals surface area contributed by atoms with Crippen LogP contribution in [0.15, 0.2) is 5.38 Å². The lowest BCUT2D eigenvalue weighted by atomic mass is 10.2. The van der Waals surface area contributed by atoms with E-state index in [0.29, 0.717) is 11.6 Å². The monoisotopic (exact) mass is 259 g/mol. The van der Waals surface area contributed by atoms with E-state index in [2.05, 4.69) is 4.98 Å². The van der Waals surface area contributed by atoms with E-state index in [1.165, 1.54) is 11.3 Å². The van der Waals surface area contributed by atoms with Crippen LogP contribution in [0.4, 0.5) is 5.13 Å². The molecule has 0 fully saturated rings. The zero-order valence-electron chi connectivity index (χ0n) is 9.77. The second-order valence-corrected chi connectivity index (χ2v) is 5.46. The number of rotatable bonds is 5. The van der Waals surface area contributed by atoms with Crippen LogP contribution in [0.5, 0.6) is 0 Å². The number of anilines is 1. The Hall–Kier alpha value is -0.750. The van der Waals surface area contributed by atoms with Gasteiger partial charge >= 0.3 is 0 Å². The number of carbonyl (C=O) groups excluding carboxylic acids is 1. The summed E-state index contributed by atoms with van der Waals surface area (Å²) in [5.74, 6) is 1.04. The normalized spacial score (nSPS) is 12.4. The molecule has 6 heteroatoms. The van der Waals surface area contributed by atoms with Crippen LogP contribution in [0.1, 0.15) is 12.6 Å². The number of carbonyl (C=O) groups is 1. The minimum absolute atomic E-state index is 0.0897. The third-order valence-corrected chi connectivity index (χ3v) is 3.90. The number of hydrogen-bond donors (Lipinski definition) is 1. The van der Waals surface area contributed by atoms with Crippen LogP contribution in [-0.2, 0) is 11.2 Å². The number of nitrogen functional groups attached to an aromatic ring is 1. The Kier molecular flexibility index (Phi) is 5.08. The van der Waals surface area contributed by atoms with Gasteiger partial charge in [-0.1, -0.05) is 0 Å². The minimum atomic E-state index is 0.0897. The second-order valence-electron chi connectivity index (χ2n) is 3.66. The van der Waals surface area contributed by atoms with Gasteiger partial charge in [-0.15, -0.1) is 11.3 Å². The van der Waals surface area contributed by atoms with Gasteiger partial charge in [0.1, 0.15) is 0 Å². The van der Waals surface area contributed by atoms with Crippen LogP contribution in [0.25, 0.3) is 0 Å². The third kappa shape index (κ3) is 3.68. The maximum atomic E-state index is 11.9. The molecule has 4 nitrogen and oxygen atoms in total. The Morgan fingerprint density at radius 1 is 1.75 bits per heavy atom. The maximum Gasteiger partial charge on any atom is 0.228 e. The molecule has 0 aromatic carbocycles. The first-order valence-corrected chi connectivity index (χ1v) is 7.26. The molecule has 90 valence electrons. The summed E-state index contributed by atoms with van der Waals surface area (Å²) in [6.07, 6.45) is 2.37. The second kappa shape index (κ2) is 6.10. The number of hydrogen-bond acceptors (Lipinski definition) is 5. The topological polar surface area (TPSA) is 59.2 Å². The van der Waals surface area contributed by atoms with E-state index in [-0.39, 0.29) is 11.9 Å². The summed E-state index contributed by atoms with van der Waals surface area (Å²) >= 11 is 3.11. The quantitative estimate of drug-likeness (QED) is 0.870. The van der Waals surface area contributed by atoms with Crippen molar-refractivity contribution in [2.45, 2.75) is 19.4 Å². The molecule has 0 radical (unpaired) electrons. The molecule has 1 unspecified atom stereocenters. The molecule has 16 heavy (non-hydrogen) atoms. The fourth-order valence-electron chi connectivity index (χ4n) is 1.28. The first-order chi connectivity index (χ1) is 7.54. The number of nitrogens with zero attached hydrogens (tertiary/aromatic N) is 2. The van der Waals surface area contributed by atoms with Crippen LogP contribution in [0.3, 0.4) is 0 Å². The molecule has 1 heterocycles. The van der Waals surface area contributed by atoms with Gasteiger partial charge in [0.25, 0.3) is 0 Å². The predicted molar refractivity (Wildman–Crippen MR) is 70.8 cm³/mol. The van der Waals surface area contributed by atoms with Gasteiger partial charge in [0.05, 0.1) is 12.1 Å². The van der Waals surface area contributed by atoms with E-state index in [9.17, 15) is 4.79 Å². The molecule has 0 saturated heterocycles. The van der Waals surface area contributed by atoms with Gasteiger partial charge in [0, 0.05) is 24.2 Å². The molecule has 0 aliphatic heterocycles. The van der Waals surface area contributed by atoms with Gasteiger partial charge < -0.3 is 10.6 Å². The van der Waals surface area contributed by atoms with Crippen molar-refractivity contribution in [2.24, 2.45) is 0 Å². The van der Waals surface area contributed by atoms with E-state index in [4.69, 9.17) is 5.73 Å². The summed E-state index contributed by atoms with van der Waals surface area (Å²) in [5, 5.41) is 2.35. The van der Waals surface area contributed by atoms with Gasteiger partial charge in [0.15, 0.2) is 5.13 Å². The van der Waals surface area contributed by atoms with Crippen molar-refractivity contribution in [1.82, 2.24) is 9.88 Å². The van der Waals surface area contributed by atoms with Crippen molar-refractivity contribution in [2.75, 3.05) is 24.8 Å². The highest BCUT2D eigenvalue weighted by Crippen LogP contribution is 2.13. The Labute approximate surface area is 104 Å². The largest absolute Gasteiger partial charge is 0.375 e. The molecule has 0 aliphatic carbocycles. The lowest BCUT2D eigenvalue weighted by Gasteiger charge is -2.24. The summed E-state index contributed by atoms with van der Waals surface area (Å²) in [5.41, 5.74) is 6.28. The average Bonchev–Trinajstić information content (AvgIpc) is 2.63. The molecule has 1 rings (SSSR count). The van der Waals surface area contributed by atoms with Gasteiger partial charge in [-0.25, -0.2) is 4.98 Å². The van der Waals surface area contributed by atoms with E-state index in [1.54, 1.807) is 16.7 Å². The van der Waals surface area contributed by atoms with Gasteiger partial charge in [-0.05, 0) is 13.2 Å². The predicted octanol–water partition coefficient (Wildman–Crippen LogP) is 1.48. The van der Waals surface area contributed by atoms with E-state index in [0.717, 1.165) is 11.4 Å². The van der Waals surface area contributed by atoms with E-state index in [1.807, 2.05) is 25.6 Å². The molecule has 0 spiro atoms. The molecular formula is C10H17N3OS2. The zero-order chi connectivity index (χ0) is 12.1. The lowest BCUT2D eigenvalue weighted by molar-refractivity contribution is -0.130. The molecule has 1 aromatic heterocycles. The summed E-state index contributed by atoms with van der Waals surface area (Å²) in [7, 11) is 1.83. The van der Waals surface area contributed by atoms with Gasteiger partial charge in [-0.3, -0.25) is 4.79 Å². The van der Waals surface area contributed by atoms with Crippen molar-refractivity contribution < 1.29 is 4.79 Å². The Morgan fingerprint density at radius 3 is 2.94 bits per heavy atom. The Bertz CT molecular complexity index is 354. The fourth-order valence-corrected chi connectivity index (χ4v) is 2.55. The number of nitrogens with two attached hydrogens (primary N) is 1. The number of aromatic nitrogens is 1. The summed E-state index contributed by atoms with van der Waals surface area (Å²) in [4.78, 5) is 17.7. The molecule has 1 atom stereocenters. The van der Waals surface area contributed by atoms with Crippen LogP contribution >= 0.6 is 23.1 Å². The SMILES string of the molecule is CSCC(C)N(C)C(=O)Cc1csc(N)n1. The van der Waals surface area contributed by atoms with Crippen molar-refractivity contribution in [1.29, 1.82) is 0 Å². The molecule has 0 saturated carbocycles. The summed E-state index contributed by atoms with van der Waals surface area (Å²) < 4.78 is 0. The lowest BCUT2D eigenvalue weighted by Crippen LogP contribution is -2.37.